The smallest absolute Gasteiger partial charge is 0.244 e. The Labute approximate surface area is 150 Å². The highest BCUT2D eigenvalue weighted by atomic mass is 35.5. The number of pyridine rings is 1. The van der Waals surface area contributed by atoms with Crippen LogP contribution in [0.25, 0.3) is 0 Å². The summed E-state index contributed by atoms with van der Waals surface area (Å²) in [4.78, 5) is 4.15. The average molecular weight is 389 g/mol. The minimum atomic E-state index is -3.58. The van der Waals surface area contributed by atoms with E-state index < -0.39 is 10.0 Å². The number of hydrogen-bond acceptors (Lipinski definition) is 5. The second-order valence-electron chi connectivity index (χ2n) is 5.03. The Morgan fingerprint density at radius 2 is 1.88 bits per heavy atom. The van der Waals surface area contributed by atoms with Gasteiger partial charge in [-0.3, -0.25) is 0 Å². The second kappa shape index (κ2) is 7.25. The number of nitrogens with zero attached hydrogens (tertiary/aromatic N) is 2. The topological polar surface area (TPSA) is 68.7 Å². The third kappa shape index (κ3) is 3.81. The zero-order valence-electron chi connectivity index (χ0n) is 12.5. The van der Waals surface area contributed by atoms with Gasteiger partial charge in [-0.1, -0.05) is 23.2 Å². The summed E-state index contributed by atoms with van der Waals surface area (Å²) in [5.41, 5.74) is 0. The van der Waals surface area contributed by atoms with Crippen molar-refractivity contribution in [3.05, 3.63) is 46.6 Å². The first-order valence-corrected chi connectivity index (χ1v) is 9.33. The number of ether oxygens (including phenoxy) is 2. The lowest BCUT2D eigenvalue weighted by Crippen LogP contribution is -2.40. The van der Waals surface area contributed by atoms with E-state index in [2.05, 4.69) is 4.98 Å². The SMILES string of the molecule is O=S(=O)(c1ccc(Oc2cc(Cl)ccc2Cl)nc1)N1CCOCC1. The number of sulfonamides is 1. The van der Waals surface area contributed by atoms with Crippen LogP contribution in [0.15, 0.2) is 41.4 Å². The van der Waals surface area contributed by atoms with Crippen molar-refractivity contribution in [3.8, 4) is 11.6 Å². The molecule has 24 heavy (non-hydrogen) atoms. The fourth-order valence-electron chi connectivity index (χ4n) is 2.18. The lowest BCUT2D eigenvalue weighted by Gasteiger charge is -2.25. The maximum absolute atomic E-state index is 12.5. The van der Waals surface area contributed by atoms with Crippen LogP contribution in [-0.2, 0) is 14.8 Å². The van der Waals surface area contributed by atoms with E-state index in [0.29, 0.717) is 42.1 Å². The molecule has 128 valence electrons. The van der Waals surface area contributed by atoms with E-state index in [0.717, 1.165) is 0 Å². The van der Waals surface area contributed by atoms with Gasteiger partial charge in [-0.25, -0.2) is 13.4 Å². The molecule has 1 aliphatic rings. The van der Waals surface area contributed by atoms with E-state index in [-0.39, 0.29) is 10.8 Å². The van der Waals surface area contributed by atoms with Gasteiger partial charge in [-0.05, 0) is 18.2 Å². The van der Waals surface area contributed by atoms with E-state index in [1.807, 2.05) is 0 Å². The zero-order chi connectivity index (χ0) is 17.2. The fraction of sp³-hybridized carbons (Fsp3) is 0.267. The summed E-state index contributed by atoms with van der Waals surface area (Å²) in [6, 6.07) is 7.73. The lowest BCUT2D eigenvalue weighted by molar-refractivity contribution is 0.0730. The van der Waals surface area contributed by atoms with E-state index in [1.54, 1.807) is 18.2 Å². The van der Waals surface area contributed by atoms with E-state index in [1.165, 1.54) is 22.6 Å². The van der Waals surface area contributed by atoms with Crippen LogP contribution in [0.4, 0.5) is 0 Å². The molecule has 9 heteroatoms. The summed E-state index contributed by atoms with van der Waals surface area (Å²) in [5.74, 6) is 0.570. The Morgan fingerprint density at radius 3 is 2.54 bits per heavy atom. The monoisotopic (exact) mass is 388 g/mol. The van der Waals surface area contributed by atoms with Crippen molar-refractivity contribution in [3.63, 3.8) is 0 Å². The van der Waals surface area contributed by atoms with Gasteiger partial charge in [-0.2, -0.15) is 4.31 Å². The number of aromatic nitrogens is 1. The molecule has 0 N–H and O–H groups in total. The molecule has 2 heterocycles. The standard InChI is InChI=1S/C15H14Cl2N2O4S/c16-11-1-3-13(17)14(9-11)23-15-4-2-12(10-18-15)24(20,21)19-5-7-22-8-6-19/h1-4,9-10H,5-8H2. The van der Waals surface area contributed by atoms with Crippen LogP contribution in [0.1, 0.15) is 0 Å². The molecule has 3 rings (SSSR count). The highest BCUT2D eigenvalue weighted by Crippen LogP contribution is 2.31. The van der Waals surface area contributed by atoms with Gasteiger partial charge in [0.1, 0.15) is 10.6 Å². The first-order valence-electron chi connectivity index (χ1n) is 7.14. The van der Waals surface area contributed by atoms with Gasteiger partial charge in [0.2, 0.25) is 15.9 Å². The Bertz CT molecular complexity index is 822. The van der Waals surface area contributed by atoms with Gasteiger partial charge < -0.3 is 9.47 Å². The molecule has 1 aliphatic heterocycles. The number of rotatable bonds is 4. The number of halogens is 2. The first kappa shape index (κ1) is 17.4. The molecule has 0 amide bonds. The van der Waals surface area contributed by atoms with Crippen molar-refractivity contribution in [2.24, 2.45) is 0 Å². The molecule has 1 aromatic heterocycles. The van der Waals surface area contributed by atoms with Crippen molar-refractivity contribution in [2.75, 3.05) is 26.3 Å². The van der Waals surface area contributed by atoms with Gasteiger partial charge in [0.05, 0.1) is 24.4 Å². The molecule has 0 saturated carbocycles. The van der Waals surface area contributed by atoms with E-state index in [4.69, 9.17) is 32.7 Å². The lowest BCUT2D eigenvalue weighted by atomic mass is 10.3. The summed E-state index contributed by atoms with van der Waals surface area (Å²) in [5, 5.41) is 0.854. The molecule has 0 spiro atoms. The van der Waals surface area contributed by atoms with Crippen LogP contribution in [-0.4, -0.2) is 44.0 Å². The van der Waals surface area contributed by atoms with Gasteiger partial charge in [-0.15, -0.1) is 0 Å². The molecule has 6 nitrogen and oxygen atoms in total. The Balaban J connectivity index is 1.79. The van der Waals surface area contributed by atoms with Gasteiger partial charge >= 0.3 is 0 Å². The summed E-state index contributed by atoms with van der Waals surface area (Å²) in [6.45, 7) is 1.44. The fourth-order valence-corrected chi connectivity index (χ4v) is 3.86. The molecule has 2 aromatic rings. The third-order valence-corrected chi connectivity index (χ3v) is 5.85. The second-order valence-corrected chi connectivity index (χ2v) is 7.81. The number of hydrogen-bond donors (Lipinski definition) is 0. The Hall–Kier alpha value is -1.38. The van der Waals surface area contributed by atoms with Crippen molar-refractivity contribution in [1.29, 1.82) is 0 Å². The molecule has 1 aromatic carbocycles. The number of morpholine rings is 1. The van der Waals surface area contributed by atoms with Crippen LogP contribution in [0.2, 0.25) is 10.0 Å². The molecule has 0 aliphatic carbocycles. The van der Waals surface area contributed by atoms with Crippen LogP contribution < -0.4 is 4.74 Å². The summed E-state index contributed by atoms with van der Waals surface area (Å²) < 4.78 is 37.1. The molecule has 0 atom stereocenters. The van der Waals surface area contributed by atoms with E-state index in [9.17, 15) is 8.42 Å². The summed E-state index contributed by atoms with van der Waals surface area (Å²) in [7, 11) is -3.58. The molecule has 1 fully saturated rings. The average Bonchev–Trinajstić information content (AvgIpc) is 2.59. The third-order valence-electron chi connectivity index (χ3n) is 3.42. The van der Waals surface area contributed by atoms with Gasteiger partial charge in [0.25, 0.3) is 0 Å². The van der Waals surface area contributed by atoms with Gasteiger partial charge in [0.15, 0.2) is 0 Å². The van der Waals surface area contributed by atoms with Crippen LogP contribution in [0, 0.1) is 0 Å². The molecule has 0 bridgehead atoms. The molecule has 1 saturated heterocycles. The van der Waals surface area contributed by atoms with Crippen molar-refractivity contribution < 1.29 is 17.9 Å². The normalized spacial score (nSPS) is 16.1. The molecular formula is C15H14Cl2N2O4S. The van der Waals surface area contributed by atoms with Crippen LogP contribution in [0.3, 0.4) is 0 Å². The molecular weight excluding hydrogens is 375 g/mol. The van der Waals surface area contributed by atoms with Crippen LogP contribution in [0.5, 0.6) is 11.6 Å². The summed E-state index contributed by atoms with van der Waals surface area (Å²) in [6.07, 6.45) is 1.26. The predicted octanol–water partition coefficient (Wildman–Crippen LogP) is 3.20. The van der Waals surface area contributed by atoms with Crippen molar-refractivity contribution in [1.82, 2.24) is 9.29 Å². The minimum absolute atomic E-state index is 0.106. The Kier molecular flexibility index (Phi) is 5.27. The number of benzene rings is 1. The molecule has 0 unspecified atom stereocenters. The highest BCUT2D eigenvalue weighted by molar-refractivity contribution is 7.89. The minimum Gasteiger partial charge on any atom is -0.437 e. The van der Waals surface area contributed by atoms with Crippen LogP contribution >= 0.6 is 23.2 Å². The maximum Gasteiger partial charge on any atom is 0.244 e. The molecule has 0 radical (unpaired) electrons. The van der Waals surface area contributed by atoms with Crippen molar-refractivity contribution in [2.45, 2.75) is 4.90 Å². The van der Waals surface area contributed by atoms with E-state index >= 15 is 0 Å². The zero-order valence-corrected chi connectivity index (χ0v) is 14.8. The largest absolute Gasteiger partial charge is 0.437 e. The highest BCUT2D eigenvalue weighted by Gasteiger charge is 2.26. The maximum atomic E-state index is 12.5. The van der Waals surface area contributed by atoms with Crippen molar-refractivity contribution >= 4 is 33.2 Å². The first-order chi connectivity index (χ1) is 11.5. The van der Waals surface area contributed by atoms with Gasteiger partial charge in [0, 0.05) is 30.2 Å². The quantitative estimate of drug-likeness (QED) is 0.804. The Morgan fingerprint density at radius 1 is 1.12 bits per heavy atom. The predicted molar refractivity (Wildman–Crippen MR) is 90.4 cm³/mol. The summed E-state index contributed by atoms with van der Waals surface area (Å²) >= 11 is 11.9.